The standard InChI is InChI=1S/C16H23F3N2.ClH/c1-2-3-4-5-6-12(17)9-7-11-8-10-13(16(20)21)15(19)14(11)18;/h8,10,12H,2-7,9H2,1H3,(H3,20,21);1H. The van der Waals surface area contributed by atoms with Gasteiger partial charge in [0.2, 0.25) is 0 Å². The van der Waals surface area contributed by atoms with E-state index in [1.165, 1.54) is 12.1 Å². The molecule has 1 unspecified atom stereocenters. The molecule has 126 valence electrons. The van der Waals surface area contributed by atoms with Crippen LogP contribution in [0.2, 0.25) is 0 Å². The molecule has 0 heterocycles. The van der Waals surface area contributed by atoms with Crippen molar-refractivity contribution in [3.63, 3.8) is 0 Å². The van der Waals surface area contributed by atoms with Gasteiger partial charge in [0.1, 0.15) is 12.0 Å². The van der Waals surface area contributed by atoms with Crippen molar-refractivity contribution in [2.45, 2.75) is 58.0 Å². The summed E-state index contributed by atoms with van der Waals surface area (Å²) >= 11 is 0. The van der Waals surface area contributed by atoms with Crippen LogP contribution in [-0.4, -0.2) is 12.0 Å². The van der Waals surface area contributed by atoms with E-state index in [1.54, 1.807) is 0 Å². The highest BCUT2D eigenvalue weighted by molar-refractivity contribution is 5.95. The second-order valence-corrected chi connectivity index (χ2v) is 5.30. The van der Waals surface area contributed by atoms with E-state index in [1.807, 2.05) is 0 Å². The van der Waals surface area contributed by atoms with Crippen LogP contribution in [0.3, 0.4) is 0 Å². The lowest BCUT2D eigenvalue weighted by molar-refractivity contribution is 0.286. The minimum Gasteiger partial charge on any atom is -0.384 e. The molecule has 0 aliphatic carbocycles. The first kappa shape index (κ1) is 20.8. The number of aryl methyl sites for hydroxylation is 1. The van der Waals surface area contributed by atoms with Crippen LogP contribution in [0, 0.1) is 17.0 Å². The van der Waals surface area contributed by atoms with E-state index in [2.05, 4.69) is 6.92 Å². The van der Waals surface area contributed by atoms with Gasteiger partial charge in [-0.25, -0.2) is 13.2 Å². The van der Waals surface area contributed by atoms with Crippen LogP contribution >= 0.6 is 12.4 Å². The fourth-order valence-corrected chi connectivity index (χ4v) is 2.24. The second kappa shape index (κ2) is 10.5. The number of halogens is 4. The van der Waals surface area contributed by atoms with Gasteiger partial charge in [0, 0.05) is 0 Å². The molecule has 0 amide bonds. The van der Waals surface area contributed by atoms with Gasteiger partial charge < -0.3 is 5.73 Å². The maximum Gasteiger partial charge on any atom is 0.169 e. The molecule has 0 aliphatic heterocycles. The molecule has 0 spiro atoms. The van der Waals surface area contributed by atoms with Crippen LogP contribution in [-0.2, 0) is 6.42 Å². The molecule has 22 heavy (non-hydrogen) atoms. The summed E-state index contributed by atoms with van der Waals surface area (Å²) in [5.74, 6) is -2.67. The van der Waals surface area contributed by atoms with Crippen molar-refractivity contribution in [3.8, 4) is 0 Å². The molecule has 0 fully saturated rings. The number of alkyl halides is 1. The van der Waals surface area contributed by atoms with Gasteiger partial charge in [-0.15, -0.1) is 12.4 Å². The van der Waals surface area contributed by atoms with Crippen LogP contribution < -0.4 is 5.73 Å². The second-order valence-electron chi connectivity index (χ2n) is 5.30. The van der Waals surface area contributed by atoms with Gasteiger partial charge >= 0.3 is 0 Å². The minimum absolute atomic E-state index is 0. The van der Waals surface area contributed by atoms with Gasteiger partial charge in [-0.2, -0.15) is 0 Å². The van der Waals surface area contributed by atoms with Crippen molar-refractivity contribution in [2.75, 3.05) is 0 Å². The number of rotatable bonds is 9. The maximum absolute atomic E-state index is 13.8. The van der Waals surface area contributed by atoms with Crippen molar-refractivity contribution in [2.24, 2.45) is 5.73 Å². The molecular formula is C16H24ClF3N2. The summed E-state index contributed by atoms with van der Waals surface area (Å²) in [6.45, 7) is 2.09. The molecule has 2 nitrogen and oxygen atoms in total. The molecule has 3 N–H and O–H groups in total. The van der Waals surface area contributed by atoms with Crippen LogP contribution in [0.1, 0.15) is 56.6 Å². The largest absolute Gasteiger partial charge is 0.384 e. The first-order valence-electron chi connectivity index (χ1n) is 7.42. The highest BCUT2D eigenvalue weighted by atomic mass is 35.5. The lowest BCUT2D eigenvalue weighted by atomic mass is 10.0. The number of amidine groups is 1. The van der Waals surface area contributed by atoms with Crippen molar-refractivity contribution in [3.05, 3.63) is 34.9 Å². The number of nitrogens with one attached hydrogen (secondary N) is 1. The van der Waals surface area contributed by atoms with E-state index in [0.29, 0.717) is 6.42 Å². The number of unbranched alkanes of at least 4 members (excludes halogenated alkanes) is 3. The fourth-order valence-electron chi connectivity index (χ4n) is 2.24. The van der Waals surface area contributed by atoms with E-state index in [-0.39, 0.29) is 36.4 Å². The van der Waals surface area contributed by atoms with Crippen LogP contribution in [0.15, 0.2) is 12.1 Å². The van der Waals surface area contributed by atoms with Gasteiger partial charge in [-0.1, -0.05) is 38.7 Å². The van der Waals surface area contributed by atoms with Crippen molar-refractivity contribution < 1.29 is 13.2 Å². The van der Waals surface area contributed by atoms with Crippen LogP contribution in [0.4, 0.5) is 13.2 Å². The predicted octanol–water partition coefficient (Wildman–Crippen LogP) is 4.91. The molecule has 0 bridgehead atoms. The quantitative estimate of drug-likeness (QED) is 0.375. The highest BCUT2D eigenvalue weighted by Crippen LogP contribution is 2.20. The van der Waals surface area contributed by atoms with Gasteiger partial charge in [0.15, 0.2) is 11.6 Å². The van der Waals surface area contributed by atoms with Crippen LogP contribution in [0.5, 0.6) is 0 Å². The van der Waals surface area contributed by atoms with Crippen molar-refractivity contribution in [1.82, 2.24) is 0 Å². The Labute approximate surface area is 136 Å². The zero-order chi connectivity index (χ0) is 15.8. The molecule has 1 aromatic rings. The fraction of sp³-hybridized carbons (Fsp3) is 0.562. The zero-order valence-electron chi connectivity index (χ0n) is 12.8. The number of nitrogens with two attached hydrogens (primary N) is 1. The number of hydrogen-bond donors (Lipinski definition) is 2. The highest BCUT2D eigenvalue weighted by Gasteiger charge is 2.16. The van der Waals surface area contributed by atoms with E-state index >= 15 is 0 Å². The smallest absolute Gasteiger partial charge is 0.169 e. The van der Waals surface area contributed by atoms with Gasteiger partial charge in [0.05, 0.1) is 5.56 Å². The Bertz CT molecular complexity index is 481. The summed E-state index contributed by atoms with van der Waals surface area (Å²) in [5.41, 5.74) is 5.03. The Hall–Kier alpha value is -1.23. The molecule has 6 heteroatoms. The van der Waals surface area contributed by atoms with E-state index in [9.17, 15) is 13.2 Å². The monoisotopic (exact) mass is 336 g/mol. The van der Waals surface area contributed by atoms with Gasteiger partial charge in [0.25, 0.3) is 0 Å². The number of hydrogen-bond acceptors (Lipinski definition) is 1. The Morgan fingerprint density at radius 1 is 1.14 bits per heavy atom. The molecule has 0 saturated carbocycles. The van der Waals surface area contributed by atoms with E-state index in [0.717, 1.165) is 25.7 Å². The Kier molecular flexibility index (Phi) is 9.90. The van der Waals surface area contributed by atoms with Crippen LogP contribution in [0.25, 0.3) is 0 Å². The molecule has 0 radical (unpaired) electrons. The molecule has 0 aliphatic rings. The first-order valence-corrected chi connectivity index (χ1v) is 7.42. The Morgan fingerprint density at radius 2 is 1.82 bits per heavy atom. The van der Waals surface area contributed by atoms with Gasteiger partial charge in [-0.3, -0.25) is 5.41 Å². The van der Waals surface area contributed by atoms with E-state index in [4.69, 9.17) is 11.1 Å². The first-order chi connectivity index (χ1) is 9.97. The number of benzene rings is 1. The lowest BCUT2D eigenvalue weighted by Crippen LogP contribution is -2.15. The predicted molar refractivity (Wildman–Crippen MR) is 86.6 cm³/mol. The Morgan fingerprint density at radius 3 is 2.41 bits per heavy atom. The molecule has 1 aromatic carbocycles. The lowest BCUT2D eigenvalue weighted by Gasteiger charge is -2.10. The molecule has 0 saturated heterocycles. The normalized spacial score (nSPS) is 11.8. The summed E-state index contributed by atoms with van der Waals surface area (Å²) in [4.78, 5) is 0. The molecule has 1 rings (SSSR count). The summed E-state index contributed by atoms with van der Waals surface area (Å²) in [5, 5.41) is 7.13. The topological polar surface area (TPSA) is 49.9 Å². The summed E-state index contributed by atoms with van der Waals surface area (Å²) in [7, 11) is 0. The van der Waals surface area contributed by atoms with E-state index < -0.39 is 23.6 Å². The summed E-state index contributed by atoms with van der Waals surface area (Å²) in [6.07, 6.45) is 3.84. The Balaban J connectivity index is 0.00000441. The average molecular weight is 337 g/mol. The molecule has 0 aromatic heterocycles. The summed E-state index contributed by atoms with van der Waals surface area (Å²) < 4.78 is 41.1. The summed E-state index contributed by atoms with van der Waals surface area (Å²) in [6, 6.07) is 2.64. The average Bonchev–Trinajstić information content (AvgIpc) is 2.44. The van der Waals surface area contributed by atoms with Gasteiger partial charge in [-0.05, 0) is 30.9 Å². The maximum atomic E-state index is 13.8. The third-order valence-electron chi connectivity index (χ3n) is 3.55. The molecular weight excluding hydrogens is 313 g/mol. The minimum atomic E-state index is -1.13. The SMILES string of the molecule is CCCCCCC(F)CCc1ccc(C(=N)N)c(F)c1F.Cl. The zero-order valence-corrected chi connectivity index (χ0v) is 13.6. The van der Waals surface area contributed by atoms with Crippen molar-refractivity contribution >= 4 is 18.2 Å². The molecule has 1 atom stereocenters. The number of nitrogen functional groups attached to an aromatic ring is 1. The van der Waals surface area contributed by atoms with Crippen molar-refractivity contribution in [1.29, 1.82) is 5.41 Å². The third kappa shape index (κ3) is 6.26. The third-order valence-corrected chi connectivity index (χ3v) is 3.55.